The molecule has 102 valence electrons. The fourth-order valence-electron chi connectivity index (χ4n) is 2.78. The van der Waals surface area contributed by atoms with Gasteiger partial charge in [0.2, 0.25) is 0 Å². The summed E-state index contributed by atoms with van der Waals surface area (Å²) in [7, 11) is 0. The molecule has 1 aromatic heterocycles. The molecule has 0 spiro atoms. The highest BCUT2D eigenvalue weighted by atomic mass is 35.5. The summed E-state index contributed by atoms with van der Waals surface area (Å²) in [5.41, 5.74) is 9.09. The molecule has 1 nitrogen and oxygen atoms in total. The van der Waals surface area contributed by atoms with Gasteiger partial charge in [0, 0.05) is 36.4 Å². The van der Waals surface area contributed by atoms with Gasteiger partial charge in [-0.2, -0.15) is 0 Å². The van der Waals surface area contributed by atoms with Crippen molar-refractivity contribution in [2.75, 3.05) is 5.73 Å². The van der Waals surface area contributed by atoms with Crippen LogP contribution in [0.2, 0.25) is 5.02 Å². The normalized spacial score (nSPS) is 11.3. The first-order valence-electron chi connectivity index (χ1n) is 6.70. The van der Waals surface area contributed by atoms with Crippen LogP contribution in [-0.2, 0) is 0 Å². The summed E-state index contributed by atoms with van der Waals surface area (Å²) >= 11 is 7.83. The van der Waals surface area contributed by atoms with Gasteiger partial charge in [-0.05, 0) is 29.8 Å². The monoisotopic (exact) mass is 309 g/mol. The second-order valence-electron chi connectivity index (χ2n) is 5.01. The fourth-order valence-corrected chi connectivity index (χ4v) is 4.09. The molecule has 0 saturated heterocycles. The van der Waals surface area contributed by atoms with Crippen molar-refractivity contribution >= 4 is 48.8 Å². The van der Waals surface area contributed by atoms with Gasteiger partial charge in [0.1, 0.15) is 0 Å². The minimum absolute atomic E-state index is 0.665. The maximum atomic E-state index is 6.18. The molecule has 0 saturated carbocycles. The number of nitrogens with two attached hydrogens (primary N) is 1. The minimum Gasteiger partial charge on any atom is -0.398 e. The third-order valence-corrected chi connectivity index (χ3v) is 5.08. The summed E-state index contributed by atoms with van der Waals surface area (Å²) in [5, 5.41) is 3.22. The van der Waals surface area contributed by atoms with Gasteiger partial charge in [-0.25, -0.2) is 0 Å². The summed E-state index contributed by atoms with van der Waals surface area (Å²) in [4.78, 5) is 0. The third kappa shape index (κ3) is 1.99. The predicted molar refractivity (Wildman–Crippen MR) is 94.2 cm³/mol. The zero-order valence-corrected chi connectivity index (χ0v) is 12.7. The van der Waals surface area contributed by atoms with E-state index in [-0.39, 0.29) is 0 Å². The van der Waals surface area contributed by atoms with Crippen molar-refractivity contribution in [2.45, 2.75) is 0 Å². The van der Waals surface area contributed by atoms with Crippen LogP contribution in [0, 0.1) is 0 Å². The molecule has 0 atom stereocenters. The van der Waals surface area contributed by atoms with Crippen molar-refractivity contribution in [1.82, 2.24) is 0 Å². The smallest absolute Gasteiger partial charge is 0.0426 e. The van der Waals surface area contributed by atoms with E-state index in [1.54, 1.807) is 0 Å². The SMILES string of the molecule is Nc1cc(Cl)ccc1-c1cccc2sc3ccccc3c12. The van der Waals surface area contributed by atoms with E-state index < -0.39 is 0 Å². The number of halogens is 1. The maximum Gasteiger partial charge on any atom is 0.0426 e. The summed E-state index contributed by atoms with van der Waals surface area (Å²) in [6.45, 7) is 0. The van der Waals surface area contributed by atoms with Crippen LogP contribution in [0.25, 0.3) is 31.3 Å². The van der Waals surface area contributed by atoms with E-state index in [4.69, 9.17) is 17.3 Å². The van der Waals surface area contributed by atoms with Gasteiger partial charge in [0.05, 0.1) is 0 Å². The van der Waals surface area contributed by atoms with Crippen molar-refractivity contribution in [1.29, 1.82) is 0 Å². The molecule has 0 fully saturated rings. The van der Waals surface area contributed by atoms with Crippen LogP contribution < -0.4 is 5.73 Å². The highest BCUT2D eigenvalue weighted by Gasteiger charge is 2.12. The average molecular weight is 310 g/mol. The zero-order valence-electron chi connectivity index (χ0n) is 11.1. The molecule has 1 heterocycles. The van der Waals surface area contributed by atoms with E-state index in [1.165, 1.54) is 25.7 Å². The van der Waals surface area contributed by atoms with E-state index in [2.05, 4.69) is 42.5 Å². The van der Waals surface area contributed by atoms with Crippen molar-refractivity contribution < 1.29 is 0 Å². The van der Waals surface area contributed by atoms with Crippen LogP contribution in [0.15, 0.2) is 60.7 Å². The van der Waals surface area contributed by atoms with Gasteiger partial charge in [-0.3, -0.25) is 0 Å². The van der Waals surface area contributed by atoms with Crippen LogP contribution >= 0.6 is 22.9 Å². The second kappa shape index (κ2) is 4.76. The molecule has 0 radical (unpaired) electrons. The van der Waals surface area contributed by atoms with Crippen molar-refractivity contribution in [3.8, 4) is 11.1 Å². The van der Waals surface area contributed by atoms with Crippen LogP contribution in [0.3, 0.4) is 0 Å². The topological polar surface area (TPSA) is 26.0 Å². The highest BCUT2D eigenvalue weighted by molar-refractivity contribution is 7.25. The lowest BCUT2D eigenvalue weighted by molar-refractivity contribution is 1.65. The van der Waals surface area contributed by atoms with E-state index >= 15 is 0 Å². The van der Waals surface area contributed by atoms with E-state index in [1.807, 2.05) is 29.5 Å². The molecular weight excluding hydrogens is 298 g/mol. The fraction of sp³-hybridized carbons (Fsp3) is 0. The lowest BCUT2D eigenvalue weighted by Crippen LogP contribution is -1.90. The average Bonchev–Trinajstić information content (AvgIpc) is 2.86. The van der Waals surface area contributed by atoms with Gasteiger partial charge >= 0.3 is 0 Å². The largest absolute Gasteiger partial charge is 0.398 e. The Morgan fingerprint density at radius 3 is 2.48 bits per heavy atom. The molecule has 4 rings (SSSR count). The summed E-state index contributed by atoms with van der Waals surface area (Å²) in [6.07, 6.45) is 0. The van der Waals surface area contributed by atoms with Crippen LogP contribution in [-0.4, -0.2) is 0 Å². The molecule has 0 bridgehead atoms. The summed E-state index contributed by atoms with van der Waals surface area (Å²) in [6, 6.07) is 20.6. The molecule has 0 amide bonds. The van der Waals surface area contributed by atoms with Gasteiger partial charge in [-0.15, -0.1) is 11.3 Å². The van der Waals surface area contributed by atoms with Crippen LogP contribution in [0.5, 0.6) is 0 Å². The molecule has 3 heteroatoms. The van der Waals surface area contributed by atoms with Crippen molar-refractivity contribution in [3.05, 3.63) is 65.7 Å². The van der Waals surface area contributed by atoms with Crippen LogP contribution in [0.4, 0.5) is 5.69 Å². The number of rotatable bonds is 1. The van der Waals surface area contributed by atoms with E-state index in [0.29, 0.717) is 10.7 Å². The Balaban J connectivity index is 2.13. The standard InChI is InChI=1S/C18H12ClNS/c19-11-8-9-12(15(20)10-11)13-5-3-7-17-18(13)14-4-1-2-6-16(14)21-17/h1-10H,20H2. The predicted octanol–water partition coefficient (Wildman–Crippen LogP) is 5.96. The lowest BCUT2D eigenvalue weighted by atomic mass is 9.98. The Hall–Kier alpha value is -2.03. The number of benzene rings is 3. The maximum absolute atomic E-state index is 6.18. The number of hydrogen-bond donors (Lipinski definition) is 1. The molecule has 4 aromatic rings. The quantitative estimate of drug-likeness (QED) is 0.431. The molecule has 0 aliphatic carbocycles. The molecule has 2 N–H and O–H groups in total. The second-order valence-corrected chi connectivity index (χ2v) is 6.53. The minimum atomic E-state index is 0.665. The van der Waals surface area contributed by atoms with Crippen LogP contribution in [0.1, 0.15) is 0 Å². The van der Waals surface area contributed by atoms with Crippen molar-refractivity contribution in [3.63, 3.8) is 0 Å². The number of thiophene rings is 1. The zero-order chi connectivity index (χ0) is 14.4. The van der Waals surface area contributed by atoms with Gasteiger partial charge < -0.3 is 5.73 Å². The first-order chi connectivity index (χ1) is 10.2. The Morgan fingerprint density at radius 1 is 0.810 bits per heavy atom. The molecule has 3 aromatic carbocycles. The molecule has 0 aliphatic heterocycles. The molecule has 0 unspecified atom stereocenters. The Bertz CT molecular complexity index is 971. The summed E-state index contributed by atoms with van der Waals surface area (Å²) < 4.78 is 2.58. The third-order valence-electron chi connectivity index (χ3n) is 3.71. The van der Waals surface area contributed by atoms with Gasteiger partial charge in [0.25, 0.3) is 0 Å². The first kappa shape index (κ1) is 12.7. The Labute approximate surface area is 131 Å². The number of anilines is 1. The van der Waals surface area contributed by atoms with E-state index in [9.17, 15) is 0 Å². The number of nitrogen functional groups attached to an aromatic ring is 1. The number of fused-ring (bicyclic) bond motifs is 3. The Morgan fingerprint density at radius 2 is 1.62 bits per heavy atom. The van der Waals surface area contributed by atoms with E-state index in [0.717, 1.165) is 5.56 Å². The molecular formula is C18H12ClNS. The summed E-state index contributed by atoms with van der Waals surface area (Å²) in [5.74, 6) is 0. The highest BCUT2D eigenvalue weighted by Crippen LogP contribution is 2.41. The Kier molecular flexibility index (Phi) is 2.88. The number of hydrogen-bond acceptors (Lipinski definition) is 2. The first-order valence-corrected chi connectivity index (χ1v) is 7.89. The molecule has 0 aliphatic rings. The van der Waals surface area contributed by atoms with Gasteiger partial charge in [-0.1, -0.05) is 48.0 Å². The van der Waals surface area contributed by atoms with Gasteiger partial charge in [0.15, 0.2) is 0 Å². The van der Waals surface area contributed by atoms with Crippen molar-refractivity contribution in [2.24, 2.45) is 0 Å². The lowest BCUT2D eigenvalue weighted by Gasteiger charge is -2.08. The molecule has 21 heavy (non-hydrogen) atoms.